The van der Waals surface area contributed by atoms with E-state index in [1.165, 1.54) is 11.1 Å². The molecule has 126 valence electrons. The molecule has 3 heterocycles. The summed E-state index contributed by atoms with van der Waals surface area (Å²) in [5.41, 5.74) is 5.60. The quantitative estimate of drug-likeness (QED) is 0.834. The normalized spacial score (nSPS) is 16.7. The smallest absolute Gasteiger partial charge is 0.255 e. The van der Waals surface area contributed by atoms with Gasteiger partial charge in [0.15, 0.2) is 0 Å². The molecule has 0 spiro atoms. The molecule has 6 heteroatoms. The highest BCUT2D eigenvalue weighted by molar-refractivity contribution is 6.34. The van der Waals surface area contributed by atoms with E-state index in [0.29, 0.717) is 30.2 Å². The lowest BCUT2D eigenvalue weighted by atomic mass is 9.96. The molecule has 0 N–H and O–H groups in total. The van der Waals surface area contributed by atoms with E-state index in [1.54, 1.807) is 24.7 Å². The fourth-order valence-corrected chi connectivity index (χ4v) is 3.55. The molecule has 0 atom stereocenters. The van der Waals surface area contributed by atoms with Crippen LogP contribution in [0.2, 0.25) is 5.02 Å². The molecule has 0 unspecified atom stereocenters. The van der Waals surface area contributed by atoms with Gasteiger partial charge in [-0.2, -0.15) is 0 Å². The topological polar surface area (TPSA) is 58.5 Å². The summed E-state index contributed by atoms with van der Waals surface area (Å²) in [6, 6.07) is 5.57. The second-order valence-electron chi connectivity index (χ2n) is 6.25. The first kappa shape index (κ1) is 16.0. The molecule has 0 radical (unpaired) electrons. The van der Waals surface area contributed by atoms with Crippen LogP contribution in [-0.4, -0.2) is 46.1 Å². The maximum atomic E-state index is 12.9. The van der Waals surface area contributed by atoms with Crippen LogP contribution in [0.25, 0.3) is 0 Å². The van der Waals surface area contributed by atoms with E-state index in [-0.39, 0.29) is 5.91 Å². The number of hydrogen-bond donors (Lipinski definition) is 0. The molecule has 2 aliphatic heterocycles. The molecule has 0 fully saturated rings. The third-order valence-electron chi connectivity index (χ3n) is 4.67. The van der Waals surface area contributed by atoms with Crippen molar-refractivity contribution in [1.82, 2.24) is 14.9 Å². The zero-order chi connectivity index (χ0) is 17.4. The highest BCUT2D eigenvalue weighted by Gasteiger charge is 2.30. The van der Waals surface area contributed by atoms with E-state index in [0.717, 1.165) is 23.4 Å². The van der Waals surface area contributed by atoms with Gasteiger partial charge in [0.2, 0.25) is 0 Å². The number of aryl methyl sites for hydroxylation is 1. The molecule has 0 aliphatic carbocycles. The van der Waals surface area contributed by atoms with Gasteiger partial charge >= 0.3 is 0 Å². The first-order valence-corrected chi connectivity index (χ1v) is 8.59. The Morgan fingerprint density at radius 3 is 2.96 bits per heavy atom. The van der Waals surface area contributed by atoms with E-state index in [9.17, 15) is 4.79 Å². The minimum Gasteiger partial charge on any atom is -0.334 e. The zero-order valence-corrected chi connectivity index (χ0v) is 14.6. The first-order valence-electron chi connectivity index (χ1n) is 8.21. The van der Waals surface area contributed by atoms with E-state index in [4.69, 9.17) is 11.6 Å². The standard InChI is InChI=1S/C19H17ClN4O/c1-12-3-2-4-15(17(12)20)19(25)24-8-5-14-13(11-24)9-23-18(14)16-10-21-6-7-22-16/h2-4,6-7,10H,5,8-9,11H2,1H3. The number of benzene rings is 1. The van der Waals surface area contributed by atoms with Crippen molar-refractivity contribution in [3.05, 3.63) is 69.8 Å². The van der Waals surface area contributed by atoms with Crippen molar-refractivity contribution < 1.29 is 4.79 Å². The lowest BCUT2D eigenvalue weighted by molar-refractivity contribution is 0.0765. The first-order chi connectivity index (χ1) is 12.1. The number of nitrogens with zero attached hydrogens (tertiary/aromatic N) is 4. The van der Waals surface area contributed by atoms with Gasteiger partial charge in [0.1, 0.15) is 5.69 Å². The second-order valence-corrected chi connectivity index (χ2v) is 6.63. The van der Waals surface area contributed by atoms with Crippen LogP contribution in [0.4, 0.5) is 0 Å². The molecule has 1 amide bonds. The monoisotopic (exact) mass is 352 g/mol. The highest BCUT2D eigenvalue weighted by atomic mass is 35.5. The Bertz CT molecular complexity index is 905. The molecule has 25 heavy (non-hydrogen) atoms. The molecule has 0 saturated carbocycles. The average Bonchev–Trinajstić information content (AvgIpc) is 3.07. The third-order valence-corrected chi connectivity index (χ3v) is 5.17. The van der Waals surface area contributed by atoms with Gasteiger partial charge in [-0.1, -0.05) is 23.7 Å². The second kappa shape index (κ2) is 6.41. The largest absolute Gasteiger partial charge is 0.334 e. The molecule has 2 aliphatic rings. The van der Waals surface area contributed by atoms with Crippen molar-refractivity contribution in [2.75, 3.05) is 19.6 Å². The molecular weight excluding hydrogens is 336 g/mol. The number of aromatic nitrogens is 2. The lowest BCUT2D eigenvalue weighted by Crippen LogP contribution is -2.38. The summed E-state index contributed by atoms with van der Waals surface area (Å²) in [5, 5.41) is 0.537. The van der Waals surface area contributed by atoms with E-state index < -0.39 is 0 Å². The number of aliphatic imine (C=N–C) groups is 1. The van der Waals surface area contributed by atoms with Crippen molar-refractivity contribution in [3.63, 3.8) is 0 Å². The van der Waals surface area contributed by atoms with Crippen LogP contribution in [-0.2, 0) is 0 Å². The van der Waals surface area contributed by atoms with Gasteiger partial charge in [-0.3, -0.25) is 19.8 Å². The van der Waals surface area contributed by atoms with Crippen LogP contribution in [0, 0.1) is 6.92 Å². The van der Waals surface area contributed by atoms with Gasteiger partial charge in [0.05, 0.1) is 29.0 Å². The maximum absolute atomic E-state index is 12.9. The zero-order valence-electron chi connectivity index (χ0n) is 13.9. The summed E-state index contributed by atoms with van der Waals surface area (Å²) in [6.07, 6.45) is 5.84. The summed E-state index contributed by atoms with van der Waals surface area (Å²) in [4.78, 5) is 27.8. The van der Waals surface area contributed by atoms with Gasteiger partial charge in [-0.15, -0.1) is 0 Å². The number of amides is 1. The van der Waals surface area contributed by atoms with Crippen LogP contribution in [0.5, 0.6) is 0 Å². The summed E-state index contributed by atoms with van der Waals surface area (Å²) in [6.45, 7) is 3.77. The Morgan fingerprint density at radius 2 is 2.16 bits per heavy atom. The third kappa shape index (κ3) is 2.85. The van der Waals surface area contributed by atoms with Crippen LogP contribution in [0.1, 0.15) is 28.0 Å². The van der Waals surface area contributed by atoms with Crippen molar-refractivity contribution >= 4 is 23.2 Å². The van der Waals surface area contributed by atoms with E-state index in [1.807, 2.05) is 24.0 Å². The minimum atomic E-state index is -0.0202. The fraction of sp³-hybridized carbons (Fsp3) is 0.263. The minimum absolute atomic E-state index is 0.0202. The van der Waals surface area contributed by atoms with Crippen LogP contribution in [0.3, 0.4) is 0 Å². The summed E-state index contributed by atoms with van der Waals surface area (Å²) < 4.78 is 0. The average molecular weight is 353 g/mol. The number of rotatable bonds is 2. The van der Waals surface area contributed by atoms with Crippen molar-refractivity contribution in [2.45, 2.75) is 13.3 Å². The van der Waals surface area contributed by atoms with Crippen LogP contribution in [0.15, 0.2) is 52.9 Å². The Hall–Kier alpha value is -2.53. The molecule has 1 aromatic heterocycles. The van der Waals surface area contributed by atoms with Crippen LogP contribution >= 0.6 is 11.6 Å². The van der Waals surface area contributed by atoms with E-state index in [2.05, 4.69) is 15.0 Å². The van der Waals surface area contributed by atoms with Gasteiger partial charge < -0.3 is 4.90 Å². The molecule has 0 saturated heterocycles. The molecule has 0 bridgehead atoms. The Labute approximate surface area is 151 Å². The Morgan fingerprint density at radius 1 is 1.28 bits per heavy atom. The van der Waals surface area contributed by atoms with Gasteiger partial charge in [-0.25, -0.2) is 0 Å². The number of carbonyl (C=O) groups excluding carboxylic acids is 1. The lowest BCUT2D eigenvalue weighted by Gasteiger charge is -2.29. The Balaban J connectivity index is 1.57. The van der Waals surface area contributed by atoms with Gasteiger partial charge in [0, 0.05) is 25.5 Å². The van der Waals surface area contributed by atoms with Crippen LogP contribution < -0.4 is 0 Å². The van der Waals surface area contributed by atoms with E-state index >= 15 is 0 Å². The molecule has 4 rings (SSSR count). The number of carbonyl (C=O) groups is 1. The van der Waals surface area contributed by atoms with Crippen molar-refractivity contribution in [1.29, 1.82) is 0 Å². The van der Waals surface area contributed by atoms with Gasteiger partial charge in [-0.05, 0) is 36.1 Å². The summed E-state index contributed by atoms with van der Waals surface area (Å²) in [7, 11) is 0. The highest BCUT2D eigenvalue weighted by Crippen LogP contribution is 2.29. The predicted octanol–water partition coefficient (Wildman–Crippen LogP) is 3.08. The maximum Gasteiger partial charge on any atom is 0.255 e. The number of halogens is 1. The van der Waals surface area contributed by atoms with Crippen molar-refractivity contribution in [2.24, 2.45) is 4.99 Å². The predicted molar refractivity (Wildman–Crippen MR) is 97.2 cm³/mol. The molecule has 2 aromatic rings. The summed E-state index contributed by atoms with van der Waals surface area (Å²) in [5.74, 6) is -0.0202. The molecule has 1 aromatic carbocycles. The van der Waals surface area contributed by atoms with Crippen molar-refractivity contribution in [3.8, 4) is 0 Å². The summed E-state index contributed by atoms with van der Waals surface area (Å²) >= 11 is 6.32. The fourth-order valence-electron chi connectivity index (χ4n) is 3.34. The molecular formula is C19H17ClN4O. The number of hydrogen-bond acceptors (Lipinski definition) is 4. The van der Waals surface area contributed by atoms with Gasteiger partial charge in [0.25, 0.3) is 5.91 Å². The Kier molecular flexibility index (Phi) is 4.09. The molecule has 5 nitrogen and oxygen atoms in total. The SMILES string of the molecule is Cc1cccc(C(=O)N2CCC3=C(CN=C3c3cnccn3)C2)c1Cl.